The predicted octanol–water partition coefficient (Wildman–Crippen LogP) is 0.747. The highest BCUT2D eigenvalue weighted by atomic mass is 15.0. The Hall–Kier alpha value is -0.860. The number of nitrogens with two attached hydrogens (primary N) is 1. The lowest BCUT2D eigenvalue weighted by atomic mass is 10.1. The van der Waals surface area contributed by atoms with Crippen molar-refractivity contribution in [1.82, 2.24) is 5.32 Å². The van der Waals surface area contributed by atoms with E-state index in [1.165, 1.54) is 11.1 Å². The van der Waals surface area contributed by atoms with E-state index in [2.05, 4.69) is 17.4 Å². The van der Waals surface area contributed by atoms with Gasteiger partial charge < -0.3 is 5.73 Å². The molecule has 10 heavy (non-hydrogen) atoms. The van der Waals surface area contributed by atoms with Gasteiger partial charge in [0.1, 0.15) is 0 Å². The van der Waals surface area contributed by atoms with Crippen LogP contribution in [0.25, 0.3) is 0 Å². The van der Waals surface area contributed by atoms with Crippen molar-refractivity contribution in [3.8, 4) is 0 Å². The molecule has 1 aliphatic rings. The van der Waals surface area contributed by atoms with Crippen LogP contribution in [0.3, 0.4) is 0 Å². The Morgan fingerprint density at radius 3 is 3.00 bits per heavy atom. The van der Waals surface area contributed by atoms with E-state index >= 15 is 0 Å². The lowest BCUT2D eigenvalue weighted by Gasteiger charge is -2.02. The van der Waals surface area contributed by atoms with Crippen molar-refractivity contribution in [2.24, 2.45) is 5.73 Å². The second-order valence-corrected chi connectivity index (χ2v) is 2.56. The molecule has 0 aromatic heterocycles. The number of nitrogens with one attached hydrogen (secondary N) is 1. The Morgan fingerprint density at radius 2 is 2.20 bits per heavy atom. The average molecular weight is 134 g/mol. The lowest BCUT2D eigenvalue weighted by Crippen LogP contribution is -2.20. The molecular formula is C8H10N2. The fourth-order valence-electron chi connectivity index (χ4n) is 1.33. The van der Waals surface area contributed by atoms with Crippen molar-refractivity contribution < 1.29 is 0 Å². The predicted molar refractivity (Wildman–Crippen MR) is 40.2 cm³/mol. The first-order valence-corrected chi connectivity index (χ1v) is 3.45. The van der Waals surface area contributed by atoms with Gasteiger partial charge in [-0.25, -0.2) is 0 Å². The van der Waals surface area contributed by atoms with Gasteiger partial charge in [0.15, 0.2) is 0 Å². The molecule has 1 atom stereocenters. The third kappa shape index (κ3) is 0.735. The summed E-state index contributed by atoms with van der Waals surface area (Å²) < 4.78 is 0. The zero-order chi connectivity index (χ0) is 6.97. The van der Waals surface area contributed by atoms with Crippen molar-refractivity contribution in [2.45, 2.75) is 12.7 Å². The molecular weight excluding hydrogens is 124 g/mol. The van der Waals surface area contributed by atoms with Crippen molar-refractivity contribution in [1.29, 1.82) is 0 Å². The van der Waals surface area contributed by atoms with Crippen molar-refractivity contribution in [3.05, 3.63) is 35.4 Å². The Kier molecular flexibility index (Phi) is 1.22. The average Bonchev–Trinajstić information content (AvgIpc) is 2.34. The normalized spacial score (nSPS) is 22.7. The maximum Gasteiger partial charge on any atom is 0.0815 e. The number of hydrogen-bond donors (Lipinski definition) is 2. The molecule has 1 heterocycles. The van der Waals surface area contributed by atoms with Crippen molar-refractivity contribution in [3.63, 3.8) is 0 Å². The second-order valence-electron chi connectivity index (χ2n) is 2.56. The van der Waals surface area contributed by atoms with Crippen LogP contribution >= 0.6 is 0 Å². The molecule has 0 radical (unpaired) electrons. The maximum absolute atomic E-state index is 5.74. The monoisotopic (exact) mass is 134 g/mol. The van der Waals surface area contributed by atoms with Gasteiger partial charge in [-0.2, -0.15) is 0 Å². The third-order valence-electron chi connectivity index (χ3n) is 1.90. The largest absolute Gasteiger partial charge is 0.312 e. The summed E-state index contributed by atoms with van der Waals surface area (Å²) in [5, 5.41) is 3.16. The zero-order valence-electron chi connectivity index (χ0n) is 5.67. The molecule has 0 spiro atoms. The number of fused-ring (bicyclic) bond motifs is 1. The van der Waals surface area contributed by atoms with E-state index in [0.717, 1.165) is 6.54 Å². The summed E-state index contributed by atoms with van der Waals surface area (Å²) in [6.45, 7) is 0.914. The van der Waals surface area contributed by atoms with Crippen molar-refractivity contribution >= 4 is 0 Å². The summed E-state index contributed by atoms with van der Waals surface area (Å²) in [7, 11) is 0. The van der Waals surface area contributed by atoms with Crippen LogP contribution in [0.4, 0.5) is 0 Å². The van der Waals surface area contributed by atoms with E-state index < -0.39 is 0 Å². The molecule has 0 bridgehead atoms. The van der Waals surface area contributed by atoms with Crippen LogP contribution in [-0.4, -0.2) is 0 Å². The fourth-order valence-corrected chi connectivity index (χ4v) is 1.33. The summed E-state index contributed by atoms with van der Waals surface area (Å²) >= 11 is 0. The third-order valence-corrected chi connectivity index (χ3v) is 1.90. The van der Waals surface area contributed by atoms with Crippen LogP contribution in [0.15, 0.2) is 24.3 Å². The SMILES string of the molecule is NC1NCc2ccccc21. The maximum atomic E-state index is 5.74. The fraction of sp³-hybridized carbons (Fsp3) is 0.250. The Morgan fingerprint density at radius 1 is 1.40 bits per heavy atom. The molecule has 0 saturated heterocycles. The molecule has 2 nitrogen and oxygen atoms in total. The molecule has 3 N–H and O–H groups in total. The van der Waals surface area contributed by atoms with E-state index in [1.807, 2.05) is 12.1 Å². The molecule has 52 valence electrons. The van der Waals surface area contributed by atoms with Crippen LogP contribution in [0.1, 0.15) is 17.3 Å². The Bertz CT molecular complexity index is 245. The Balaban J connectivity index is 2.51. The summed E-state index contributed by atoms with van der Waals surface area (Å²) in [6.07, 6.45) is 0.0520. The minimum absolute atomic E-state index is 0.0520. The lowest BCUT2D eigenvalue weighted by molar-refractivity contribution is 0.607. The molecule has 2 heteroatoms. The molecule has 0 saturated carbocycles. The molecule has 0 aliphatic carbocycles. The van der Waals surface area contributed by atoms with E-state index in [9.17, 15) is 0 Å². The standard InChI is InChI=1S/C8H10N2/c9-8-7-4-2-1-3-6(7)5-10-8/h1-4,8,10H,5,9H2. The number of rotatable bonds is 0. The highest BCUT2D eigenvalue weighted by Crippen LogP contribution is 2.19. The second kappa shape index (κ2) is 2.08. The highest BCUT2D eigenvalue weighted by Gasteiger charge is 2.15. The molecule has 1 aliphatic heterocycles. The van der Waals surface area contributed by atoms with E-state index in [1.54, 1.807) is 0 Å². The van der Waals surface area contributed by atoms with Gasteiger partial charge in [-0.05, 0) is 11.1 Å². The molecule has 1 unspecified atom stereocenters. The number of benzene rings is 1. The summed E-state index contributed by atoms with van der Waals surface area (Å²) in [4.78, 5) is 0. The van der Waals surface area contributed by atoms with Crippen LogP contribution < -0.4 is 11.1 Å². The molecule has 1 aromatic carbocycles. The van der Waals surface area contributed by atoms with Gasteiger partial charge in [-0.3, -0.25) is 5.32 Å². The minimum Gasteiger partial charge on any atom is -0.312 e. The van der Waals surface area contributed by atoms with Gasteiger partial charge >= 0.3 is 0 Å². The first-order chi connectivity index (χ1) is 4.88. The minimum atomic E-state index is 0.0520. The van der Waals surface area contributed by atoms with Crippen LogP contribution in [0.2, 0.25) is 0 Å². The van der Waals surface area contributed by atoms with Crippen LogP contribution in [-0.2, 0) is 6.54 Å². The first-order valence-electron chi connectivity index (χ1n) is 3.45. The smallest absolute Gasteiger partial charge is 0.0815 e. The van der Waals surface area contributed by atoms with Gasteiger partial charge in [0.05, 0.1) is 6.17 Å². The number of hydrogen-bond acceptors (Lipinski definition) is 2. The summed E-state index contributed by atoms with van der Waals surface area (Å²) in [5.41, 5.74) is 8.30. The summed E-state index contributed by atoms with van der Waals surface area (Å²) in [5.74, 6) is 0. The zero-order valence-corrected chi connectivity index (χ0v) is 5.67. The molecule has 2 rings (SSSR count). The quantitative estimate of drug-likeness (QED) is 0.549. The van der Waals surface area contributed by atoms with Gasteiger partial charge in [0.2, 0.25) is 0 Å². The molecule has 1 aromatic rings. The van der Waals surface area contributed by atoms with Crippen LogP contribution in [0.5, 0.6) is 0 Å². The van der Waals surface area contributed by atoms with E-state index in [-0.39, 0.29) is 6.17 Å². The van der Waals surface area contributed by atoms with Gasteiger partial charge in [-0.1, -0.05) is 24.3 Å². The molecule has 0 fully saturated rings. The Labute approximate surface area is 60.0 Å². The van der Waals surface area contributed by atoms with Crippen molar-refractivity contribution in [2.75, 3.05) is 0 Å². The van der Waals surface area contributed by atoms with Crippen LogP contribution in [0, 0.1) is 0 Å². The van der Waals surface area contributed by atoms with E-state index in [0.29, 0.717) is 0 Å². The summed E-state index contributed by atoms with van der Waals surface area (Å²) in [6, 6.07) is 8.24. The van der Waals surface area contributed by atoms with Gasteiger partial charge in [0.25, 0.3) is 0 Å². The van der Waals surface area contributed by atoms with E-state index in [4.69, 9.17) is 5.73 Å². The first kappa shape index (κ1) is 5.89. The van der Waals surface area contributed by atoms with Gasteiger partial charge in [0, 0.05) is 6.54 Å². The highest BCUT2D eigenvalue weighted by molar-refractivity contribution is 5.32. The topological polar surface area (TPSA) is 38.0 Å². The molecule has 0 amide bonds. The van der Waals surface area contributed by atoms with Gasteiger partial charge in [-0.15, -0.1) is 0 Å².